The molecule has 0 saturated carbocycles. The summed E-state index contributed by atoms with van der Waals surface area (Å²) in [7, 11) is 0. The minimum atomic E-state index is 0.392. The molecule has 0 amide bonds. The zero-order chi connectivity index (χ0) is 13.9. The molecular formula is C16H19BrN2S. The highest BCUT2D eigenvalue weighted by Crippen LogP contribution is 2.33. The molecule has 0 aliphatic carbocycles. The van der Waals surface area contributed by atoms with Gasteiger partial charge in [0, 0.05) is 35.5 Å². The van der Waals surface area contributed by atoms with E-state index in [1.54, 1.807) is 0 Å². The molecule has 1 N–H and O–H groups in total. The number of nitrogens with zero attached hydrogens (tertiary/aromatic N) is 1. The van der Waals surface area contributed by atoms with E-state index in [0.717, 1.165) is 30.7 Å². The second kappa shape index (κ2) is 6.39. The molecule has 1 unspecified atom stereocenters. The number of nitrogens with one attached hydrogen (secondary N) is 1. The maximum Gasteiger partial charge on any atom is 0.0697 e. The zero-order valence-electron chi connectivity index (χ0n) is 11.6. The van der Waals surface area contributed by atoms with Crippen LogP contribution in [0, 0.1) is 6.92 Å². The smallest absolute Gasteiger partial charge is 0.0697 e. The normalized spacial score (nSPS) is 18.1. The summed E-state index contributed by atoms with van der Waals surface area (Å²) in [4.78, 5) is 4.04. The Morgan fingerprint density at radius 3 is 2.50 bits per heavy atom. The second-order valence-electron chi connectivity index (χ2n) is 5.27. The van der Waals surface area contributed by atoms with Gasteiger partial charge in [0.15, 0.2) is 0 Å². The standard InChI is InChI=1S/C16H19BrN2S/c1-12-10-15(20-11-12)16(19-8-6-18-7-9-19)13-2-4-14(17)5-3-13/h2-5,10-11,16,18H,6-9H2,1H3. The number of hydrogen-bond donors (Lipinski definition) is 1. The minimum Gasteiger partial charge on any atom is -0.314 e. The Bertz CT molecular complexity index is 558. The highest BCUT2D eigenvalue weighted by atomic mass is 79.9. The summed E-state index contributed by atoms with van der Waals surface area (Å²) in [6.45, 7) is 6.56. The predicted octanol–water partition coefficient (Wildman–Crippen LogP) is 3.81. The van der Waals surface area contributed by atoms with Crippen LogP contribution in [0.25, 0.3) is 0 Å². The van der Waals surface area contributed by atoms with Crippen molar-refractivity contribution in [2.24, 2.45) is 0 Å². The third kappa shape index (κ3) is 3.14. The third-order valence-electron chi connectivity index (χ3n) is 3.72. The molecule has 4 heteroatoms. The van der Waals surface area contributed by atoms with Crippen molar-refractivity contribution >= 4 is 27.3 Å². The van der Waals surface area contributed by atoms with E-state index in [1.165, 1.54) is 16.0 Å². The topological polar surface area (TPSA) is 15.3 Å². The molecule has 106 valence electrons. The summed E-state index contributed by atoms with van der Waals surface area (Å²) in [6, 6.07) is 11.5. The Morgan fingerprint density at radius 1 is 1.20 bits per heavy atom. The van der Waals surface area contributed by atoms with Crippen LogP contribution in [-0.4, -0.2) is 31.1 Å². The minimum absolute atomic E-state index is 0.392. The first-order valence-corrected chi connectivity index (χ1v) is 8.66. The number of aryl methyl sites for hydroxylation is 1. The number of piperazine rings is 1. The van der Waals surface area contributed by atoms with Crippen molar-refractivity contribution in [3.63, 3.8) is 0 Å². The predicted molar refractivity (Wildman–Crippen MR) is 89.5 cm³/mol. The highest BCUT2D eigenvalue weighted by Gasteiger charge is 2.24. The molecule has 1 aromatic carbocycles. The molecule has 1 aromatic heterocycles. The summed E-state index contributed by atoms with van der Waals surface area (Å²) in [5.74, 6) is 0. The van der Waals surface area contributed by atoms with E-state index in [1.807, 2.05) is 11.3 Å². The summed E-state index contributed by atoms with van der Waals surface area (Å²) >= 11 is 5.41. The molecule has 1 atom stereocenters. The highest BCUT2D eigenvalue weighted by molar-refractivity contribution is 9.10. The Balaban J connectivity index is 1.95. The van der Waals surface area contributed by atoms with Crippen LogP contribution in [0.3, 0.4) is 0 Å². The van der Waals surface area contributed by atoms with Crippen LogP contribution in [0.5, 0.6) is 0 Å². The first kappa shape index (κ1) is 14.3. The van der Waals surface area contributed by atoms with Crippen LogP contribution in [-0.2, 0) is 0 Å². The first-order chi connectivity index (χ1) is 9.74. The summed E-state index contributed by atoms with van der Waals surface area (Å²) in [5.41, 5.74) is 2.75. The molecule has 0 spiro atoms. The van der Waals surface area contributed by atoms with Gasteiger partial charge < -0.3 is 5.32 Å². The average Bonchev–Trinajstić information content (AvgIpc) is 2.89. The number of hydrogen-bond acceptors (Lipinski definition) is 3. The van der Waals surface area contributed by atoms with E-state index in [2.05, 4.69) is 68.8 Å². The van der Waals surface area contributed by atoms with Crippen LogP contribution in [0.4, 0.5) is 0 Å². The SMILES string of the molecule is Cc1csc(C(c2ccc(Br)cc2)N2CCNCC2)c1. The molecule has 1 aliphatic heterocycles. The molecule has 3 rings (SSSR count). The van der Waals surface area contributed by atoms with E-state index in [9.17, 15) is 0 Å². The van der Waals surface area contributed by atoms with Gasteiger partial charge in [0.25, 0.3) is 0 Å². The lowest BCUT2D eigenvalue weighted by Crippen LogP contribution is -2.45. The van der Waals surface area contributed by atoms with Gasteiger partial charge in [-0.1, -0.05) is 28.1 Å². The lowest BCUT2D eigenvalue weighted by molar-refractivity contribution is 0.200. The van der Waals surface area contributed by atoms with Crippen molar-refractivity contribution in [2.45, 2.75) is 13.0 Å². The zero-order valence-corrected chi connectivity index (χ0v) is 14.0. The van der Waals surface area contributed by atoms with Gasteiger partial charge in [-0.05, 0) is 41.6 Å². The summed E-state index contributed by atoms with van der Waals surface area (Å²) in [5, 5.41) is 5.69. The molecule has 20 heavy (non-hydrogen) atoms. The molecule has 2 nitrogen and oxygen atoms in total. The van der Waals surface area contributed by atoms with Gasteiger partial charge >= 0.3 is 0 Å². The third-order valence-corrected chi connectivity index (χ3v) is 5.35. The van der Waals surface area contributed by atoms with E-state index < -0.39 is 0 Å². The van der Waals surface area contributed by atoms with Crippen molar-refractivity contribution in [2.75, 3.05) is 26.2 Å². The average molecular weight is 351 g/mol. The van der Waals surface area contributed by atoms with Gasteiger partial charge in [0.05, 0.1) is 6.04 Å². The van der Waals surface area contributed by atoms with Gasteiger partial charge in [-0.3, -0.25) is 4.90 Å². The van der Waals surface area contributed by atoms with Crippen molar-refractivity contribution in [3.8, 4) is 0 Å². The van der Waals surface area contributed by atoms with E-state index >= 15 is 0 Å². The maximum absolute atomic E-state index is 3.53. The fraction of sp³-hybridized carbons (Fsp3) is 0.375. The Morgan fingerprint density at radius 2 is 1.90 bits per heavy atom. The molecular weight excluding hydrogens is 332 g/mol. The monoisotopic (exact) mass is 350 g/mol. The van der Waals surface area contributed by atoms with Gasteiger partial charge in [-0.25, -0.2) is 0 Å². The Kier molecular flexibility index (Phi) is 4.56. The number of rotatable bonds is 3. The fourth-order valence-electron chi connectivity index (χ4n) is 2.74. The van der Waals surface area contributed by atoms with Crippen molar-refractivity contribution in [1.29, 1.82) is 0 Å². The molecule has 1 saturated heterocycles. The Labute approximate surface area is 132 Å². The number of benzene rings is 1. The lowest BCUT2D eigenvalue weighted by atomic mass is 10.0. The second-order valence-corrected chi connectivity index (χ2v) is 7.12. The quantitative estimate of drug-likeness (QED) is 0.905. The summed E-state index contributed by atoms with van der Waals surface area (Å²) < 4.78 is 1.14. The Hall–Kier alpha value is -0.680. The van der Waals surface area contributed by atoms with E-state index in [0.29, 0.717) is 6.04 Å². The van der Waals surface area contributed by atoms with Crippen LogP contribution >= 0.6 is 27.3 Å². The molecule has 0 radical (unpaired) electrons. The first-order valence-electron chi connectivity index (χ1n) is 6.99. The fourth-order valence-corrected chi connectivity index (χ4v) is 4.06. The van der Waals surface area contributed by atoms with E-state index in [-0.39, 0.29) is 0 Å². The van der Waals surface area contributed by atoms with Crippen LogP contribution in [0.15, 0.2) is 40.2 Å². The van der Waals surface area contributed by atoms with Gasteiger partial charge in [-0.2, -0.15) is 0 Å². The van der Waals surface area contributed by atoms with Crippen molar-refractivity contribution in [1.82, 2.24) is 10.2 Å². The molecule has 0 bridgehead atoms. The van der Waals surface area contributed by atoms with Crippen molar-refractivity contribution in [3.05, 3.63) is 56.2 Å². The molecule has 2 heterocycles. The van der Waals surface area contributed by atoms with Crippen LogP contribution in [0.2, 0.25) is 0 Å². The number of halogens is 1. The number of thiophene rings is 1. The van der Waals surface area contributed by atoms with Gasteiger partial charge in [-0.15, -0.1) is 11.3 Å². The summed E-state index contributed by atoms with van der Waals surface area (Å²) in [6.07, 6.45) is 0. The molecule has 2 aromatic rings. The van der Waals surface area contributed by atoms with Crippen LogP contribution in [0.1, 0.15) is 22.0 Å². The van der Waals surface area contributed by atoms with Gasteiger partial charge in [0.2, 0.25) is 0 Å². The van der Waals surface area contributed by atoms with E-state index in [4.69, 9.17) is 0 Å². The molecule has 1 fully saturated rings. The largest absolute Gasteiger partial charge is 0.314 e. The molecule has 1 aliphatic rings. The lowest BCUT2D eigenvalue weighted by Gasteiger charge is -2.34. The maximum atomic E-state index is 3.53. The van der Waals surface area contributed by atoms with Gasteiger partial charge in [0.1, 0.15) is 0 Å². The van der Waals surface area contributed by atoms with Crippen molar-refractivity contribution < 1.29 is 0 Å². The van der Waals surface area contributed by atoms with Crippen LogP contribution < -0.4 is 5.32 Å².